The third-order valence-corrected chi connectivity index (χ3v) is 4.11. The Hall–Kier alpha value is -3.67. The highest BCUT2D eigenvalue weighted by Gasteiger charge is 2.16. The van der Waals surface area contributed by atoms with E-state index < -0.39 is 0 Å². The molecular formula is C22H21N3O3. The smallest absolute Gasteiger partial charge is 0.274 e. The molecule has 0 spiro atoms. The van der Waals surface area contributed by atoms with Gasteiger partial charge in [-0.3, -0.25) is 14.6 Å². The molecule has 0 aliphatic heterocycles. The first-order valence-corrected chi connectivity index (χ1v) is 8.92. The number of hydrogen-bond donors (Lipinski definition) is 1. The van der Waals surface area contributed by atoms with Crippen molar-refractivity contribution in [2.24, 2.45) is 0 Å². The lowest BCUT2D eigenvalue weighted by atomic mass is 10.2. The van der Waals surface area contributed by atoms with E-state index in [4.69, 9.17) is 4.74 Å². The molecule has 3 rings (SSSR count). The van der Waals surface area contributed by atoms with E-state index in [1.165, 1.54) is 17.2 Å². The molecule has 2 aromatic carbocycles. The largest absolute Gasteiger partial charge is 0.494 e. The molecule has 142 valence electrons. The van der Waals surface area contributed by atoms with Gasteiger partial charge in [0.2, 0.25) is 0 Å². The van der Waals surface area contributed by atoms with E-state index in [0.717, 1.165) is 11.4 Å². The van der Waals surface area contributed by atoms with E-state index in [1.807, 2.05) is 37.3 Å². The van der Waals surface area contributed by atoms with Crippen LogP contribution in [-0.4, -0.2) is 30.5 Å². The summed E-state index contributed by atoms with van der Waals surface area (Å²) in [6.07, 6.45) is 1.46. The fraction of sp³-hybridized carbons (Fsp3) is 0.136. The first kappa shape index (κ1) is 19.1. The fourth-order valence-corrected chi connectivity index (χ4v) is 2.65. The van der Waals surface area contributed by atoms with Crippen LogP contribution in [0.1, 0.15) is 27.8 Å². The molecule has 1 N–H and O–H groups in total. The number of nitrogens with one attached hydrogen (secondary N) is 1. The molecule has 0 aliphatic carbocycles. The van der Waals surface area contributed by atoms with E-state index in [-0.39, 0.29) is 17.5 Å². The van der Waals surface area contributed by atoms with Gasteiger partial charge >= 0.3 is 0 Å². The number of benzene rings is 2. The SMILES string of the molecule is CCOc1ccc(NC(=O)c2cc(C(=O)N(C)c3ccccc3)ccn2)cc1. The van der Waals surface area contributed by atoms with Crippen molar-refractivity contribution >= 4 is 23.2 Å². The lowest BCUT2D eigenvalue weighted by molar-refractivity contribution is 0.0993. The lowest BCUT2D eigenvalue weighted by Gasteiger charge is -2.17. The minimum Gasteiger partial charge on any atom is -0.494 e. The monoisotopic (exact) mass is 375 g/mol. The van der Waals surface area contributed by atoms with E-state index >= 15 is 0 Å². The van der Waals surface area contributed by atoms with Gasteiger partial charge in [-0.2, -0.15) is 0 Å². The van der Waals surface area contributed by atoms with Crippen LogP contribution in [0.2, 0.25) is 0 Å². The molecule has 1 aromatic heterocycles. The molecule has 28 heavy (non-hydrogen) atoms. The number of hydrogen-bond acceptors (Lipinski definition) is 4. The number of carbonyl (C=O) groups is 2. The topological polar surface area (TPSA) is 71.5 Å². The van der Waals surface area contributed by atoms with Crippen LogP contribution in [0.15, 0.2) is 72.9 Å². The van der Waals surface area contributed by atoms with Crippen LogP contribution in [-0.2, 0) is 0 Å². The molecule has 0 atom stereocenters. The van der Waals surface area contributed by atoms with Crippen LogP contribution >= 0.6 is 0 Å². The van der Waals surface area contributed by atoms with E-state index in [0.29, 0.717) is 17.9 Å². The molecule has 3 aromatic rings. The highest BCUT2D eigenvalue weighted by atomic mass is 16.5. The number of aromatic nitrogens is 1. The Balaban J connectivity index is 1.73. The van der Waals surface area contributed by atoms with E-state index in [9.17, 15) is 9.59 Å². The van der Waals surface area contributed by atoms with Gasteiger partial charge in [-0.05, 0) is 55.5 Å². The zero-order valence-electron chi connectivity index (χ0n) is 15.8. The minimum atomic E-state index is -0.388. The van der Waals surface area contributed by atoms with Crippen LogP contribution in [0.25, 0.3) is 0 Å². The Kier molecular flexibility index (Phi) is 6.01. The second-order valence-corrected chi connectivity index (χ2v) is 6.04. The van der Waals surface area contributed by atoms with Crippen molar-refractivity contribution in [2.75, 3.05) is 23.9 Å². The predicted octanol–water partition coefficient (Wildman–Crippen LogP) is 4.01. The average Bonchev–Trinajstić information content (AvgIpc) is 2.75. The molecule has 1 heterocycles. The molecule has 0 saturated heterocycles. The van der Waals surface area contributed by atoms with Crippen molar-refractivity contribution in [3.05, 3.63) is 84.2 Å². The Morgan fingerprint density at radius 1 is 1.04 bits per heavy atom. The van der Waals surface area contributed by atoms with Gasteiger partial charge in [0.25, 0.3) is 11.8 Å². The molecule has 0 fully saturated rings. The Morgan fingerprint density at radius 3 is 2.43 bits per heavy atom. The third-order valence-electron chi connectivity index (χ3n) is 4.11. The standard InChI is InChI=1S/C22H21N3O3/c1-3-28-19-11-9-17(10-12-19)24-21(26)20-15-16(13-14-23-20)22(27)25(2)18-7-5-4-6-8-18/h4-15H,3H2,1-2H3,(H,24,26). The predicted molar refractivity (Wildman–Crippen MR) is 109 cm³/mol. The van der Waals surface area contributed by atoms with Gasteiger partial charge in [-0.15, -0.1) is 0 Å². The number of amides is 2. The van der Waals surface area contributed by atoms with Crippen LogP contribution < -0.4 is 15.0 Å². The summed E-state index contributed by atoms with van der Waals surface area (Å²) in [4.78, 5) is 30.9. The van der Waals surface area contributed by atoms with Gasteiger partial charge in [-0.25, -0.2) is 0 Å². The normalized spacial score (nSPS) is 10.2. The number of ether oxygens (including phenoxy) is 1. The summed E-state index contributed by atoms with van der Waals surface area (Å²) in [5.74, 6) is 0.125. The number of carbonyl (C=O) groups excluding carboxylic acids is 2. The Bertz CT molecular complexity index is 956. The summed E-state index contributed by atoms with van der Waals surface area (Å²) < 4.78 is 5.38. The molecule has 0 unspecified atom stereocenters. The molecule has 6 heteroatoms. The first-order valence-electron chi connectivity index (χ1n) is 8.92. The molecule has 0 radical (unpaired) electrons. The van der Waals surface area contributed by atoms with Crippen molar-refractivity contribution in [1.82, 2.24) is 4.98 Å². The zero-order valence-corrected chi connectivity index (χ0v) is 15.8. The number of rotatable bonds is 6. The van der Waals surface area contributed by atoms with Gasteiger partial charge in [0.1, 0.15) is 11.4 Å². The lowest BCUT2D eigenvalue weighted by Crippen LogP contribution is -2.26. The first-order chi connectivity index (χ1) is 13.6. The third kappa shape index (κ3) is 4.54. The summed E-state index contributed by atoms with van der Waals surface area (Å²) in [6, 6.07) is 19.4. The summed E-state index contributed by atoms with van der Waals surface area (Å²) >= 11 is 0. The van der Waals surface area contributed by atoms with Crippen molar-refractivity contribution in [2.45, 2.75) is 6.92 Å². The summed E-state index contributed by atoms with van der Waals surface area (Å²) in [6.45, 7) is 2.48. The van der Waals surface area contributed by atoms with Gasteiger partial charge in [0.15, 0.2) is 0 Å². The van der Waals surface area contributed by atoms with Crippen LogP contribution in [0.5, 0.6) is 5.75 Å². The zero-order chi connectivity index (χ0) is 19.9. The molecular weight excluding hydrogens is 354 g/mol. The molecule has 2 amide bonds. The minimum absolute atomic E-state index is 0.168. The maximum atomic E-state index is 12.7. The number of para-hydroxylation sites is 1. The maximum absolute atomic E-state index is 12.7. The van der Waals surface area contributed by atoms with E-state index in [1.54, 1.807) is 37.4 Å². The second kappa shape index (κ2) is 8.81. The highest BCUT2D eigenvalue weighted by Crippen LogP contribution is 2.18. The average molecular weight is 375 g/mol. The van der Waals surface area contributed by atoms with E-state index in [2.05, 4.69) is 10.3 Å². The number of pyridine rings is 1. The van der Waals surface area contributed by atoms with Crippen molar-refractivity contribution in [3.63, 3.8) is 0 Å². The number of nitrogens with zero attached hydrogens (tertiary/aromatic N) is 2. The van der Waals surface area contributed by atoms with Crippen molar-refractivity contribution in [1.29, 1.82) is 0 Å². The van der Waals surface area contributed by atoms with Gasteiger partial charge in [0, 0.05) is 30.2 Å². The maximum Gasteiger partial charge on any atom is 0.274 e. The summed E-state index contributed by atoms with van der Waals surface area (Å²) in [7, 11) is 1.69. The van der Waals surface area contributed by atoms with Crippen LogP contribution in [0.3, 0.4) is 0 Å². The number of anilines is 2. The van der Waals surface area contributed by atoms with Crippen molar-refractivity contribution < 1.29 is 14.3 Å². The second-order valence-electron chi connectivity index (χ2n) is 6.04. The van der Waals surface area contributed by atoms with Gasteiger partial charge < -0.3 is 15.0 Å². The van der Waals surface area contributed by atoms with Crippen LogP contribution in [0.4, 0.5) is 11.4 Å². The summed E-state index contributed by atoms with van der Waals surface area (Å²) in [5, 5.41) is 2.77. The Morgan fingerprint density at radius 2 is 1.75 bits per heavy atom. The molecule has 0 bridgehead atoms. The molecule has 6 nitrogen and oxygen atoms in total. The van der Waals surface area contributed by atoms with Gasteiger partial charge in [-0.1, -0.05) is 18.2 Å². The van der Waals surface area contributed by atoms with Crippen molar-refractivity contribution in [3.8, 4) is 5.75 Å². The highest BCUT2D eigenvalue weighted by molar-refractivity contribution is 6.08. The quantitative estimate of drug-likeness (QED) is 0.707. The Labute approximate surface area is 163 Å². The molecule has 0 saturated carbocycles. The van der Waals surface area contributed by atoms with Crippen LogP contribution in [0, 0.1) is 0 Å². The fourth-order valence-electron chi connectivity index (χ4n) is 2.65. The van der Waals surface area contributed by atoms with Gasteiger partial charge in [0.05, 0.1) is 6.61 Å². The summed E-state index contributed by atoms with van der Waals surface area (Å²) in [5.41, 5.74) is 1.94. The molecule has 0 aliphatic rings.